The molecule has 0 spiro atoms. The fourth-order valence-corrected chi connectivity index (χ4v) is 7.68. The summed E-state index contributed by atoms with van der Waals surface area (Å²) < 4.78 is 33.5. The van der Waals surface area contributed by atoms with E-state index >= 15 is 0 Å². The molecular formula is C22H30N4O4S2. The minimum absolute atomic E-state index is 0.0894. The number of rotatable bonds is 6. The lowest BCUT2D eigenvalue weighted by Crippen LogP contribution is -2.45. The molecule has 1 amide bonds. The number of thiophene rings is 1. The Labute approximate surface area is 192 Å². The van der Waals surface area contributed by atoms with Crippen LogP contribution in [-0.2, 0) is 14.8 Å². The van der Waals surface area contributed by atoms with E-state index in [1.165, 1.54) is 34.9 Å². The van der Waals surface area contributed by atoms with Crippen molar-refractivity contribution in [3.05, 3.63) is 16.8 Å². The van der Waals surface area contributed by atoms with E-state index in [2.05, 4.69) is 15.5 Å². The van der Waals surface area contributed by atoms with Crippen LogP contribution in [0, 0.1) is 12.8 Å². The molecule has 0 unspecified atom stereocenters. The van der Waals surface area contributed by atoms with Crippen LogP contribution < -0.4 is 5.32 Å². The maximum atomic E-state index is 13.3. The van der Waals surface area contributed by atoms with Gasteiger partial charge in [0.25, 0.3) is 0 Å². The molecule has 1 N–H and O–H groups in total. The predicted molar refractivity (Wildman–Crippen MR) is 121 cm³/mol. The molecular weight excluding hydrogens is 448 g/mol. The summed E-state index contributed by atoms with van der Waals surface area (Å²) >= 11 is 1.37. The highest BCUT2D eigenvalue weighted by molar-refractivity contribution is 7.89. The van der Waals surface area contributed by atoms with E-state index in [4.69, 9.17) is 4.52 Å². The molecule has 2 aliphatic carbocycles. The first-order valence-corrected chi connectivity index (χ1v) is 13.9. The first kappa shape index (κ1) is 22.0. The van der Waals surface area contributed by atoms with Gasteiger partial charge in [0.15, 0.2) is 0 Å². The molecule has 0 bridgehead atoms. The van der Waals surface area contributed by atoms with Gasteiger partial charge in [0, 0.05) is 35.8 Å². The molecule has 1 saturated heterocycles. The summed E-state index contributed by atoms with van der Waals surface area (Å²) in [6, 6.07) is 1.95. The first-order valence-electron chi connectivity index (χ1n) is 11.7. The standard InChI is InChI=1S/C22H30N4O4S2/c1-14-19(13-18(31-14)20-24-22(30-25-20)16-7-8-16)32(28,29)26-11-9-15(10-12-26)21(27)23-17-5-3-2-4-6-17/h13,15-17H,2-12H2,1H3,(H,23,27). The Hall–Kier alpha value is -1.78. The van der Waals surface area contributed by atoms with Gasteiger partial charge in [0.2, 0.25) is 27.6 Å². The summed E-state index contributed by atoms with van der Waals surface area (Å²) in [5, 5.41) is 7.24. The largest absolute Gasteiger partial charge is 0.353 e. The number of hydrogen-bond acceptors (Lipinski definition) is 7. The molecule has 2 aromatic rings. The summed E-state index contributed by atoms with van der Waals surface area (Å²) in [5.74, 6) is 1.44. The number of carbonyl (C=O) groups is 1. The number of hydrogen-bond donors (Lipinski definition) is 1. The van der Waals surface area contributed by atoms with Gasteiger partial charge < -0.3 is 9.84 Å². The Morgan fingerprint density at radius 3 is 2.53 bits per heavy atom. The summed E-state index contributed by atoms with van der Waals surface area (Å²) in [4.78, 5) is 18.8. The minimum atomic E-state index is -3.63. The Morgan fingerprint density at radius 1 is 1.12 bits per heavy atom. The van der Waals surface area contributed by atoms with Crippen molar-refractivity contribution < 1.29 is 17.7 Å². The number of nitrogens with zero attached hydrogens (tertiary/aromatic N) is 3. The second-order valence-electron chi connectivity index (χ2n) is 9.28. The van der Waals surface area contributed by atoms with Gasteiger partial charge in [-0.05, 0) is 51.5 Å². The Bertz CT molecular complexity index is 1080. The van der Waals surface area contributed by atoms with Crippen molar-refractivity contribution in [2.75, 3.05) is 13.1 Å². The van der Waals surface area contributed by atoms with Gasteiger partial charge in [-0.15, -0.1) is 11.3 Å². The van der Waals surface area contributed by atoms with Gasteiger partial charge in [0.05, 0.1) is 9.77 Å². The van der Waals surface area contributed by atoms with E-state index in [0.29, 0.717) is 53.3 Å². The quantitative estimate of drug-likeness (QED) is 0.676. The van der Waals surface area contributed by atoms with Crippen molar-refractivity contribution in [2.45, 2.75) is 81.6 Å². The van der Waals surface area contributed by atoms with E-state index < -0.39 is 10.0 Å². The fourth-order valence-electron chi connectivity index (χ4n) is 4.73. The summed E-state index contributed by atoms with van der Waals surface area (Å²) in [5.41, 5.74) is 0. The lowest BCUT2D eigenvalue weighted by molar-refractivity contribution is -0.127. The van der Waals surface area contributed by atoms with Crippen LogP contribution >= 0.6 is 11.3 Å². The molecule has 0 aromatic carbocycles. The van der Waals surface area contributed by atoms with E-state index in [0.717, 1.165) is 30.6 Å². The number of aryl methyl sites for hydroxylation is 1. The van der Waals surface area contributed by atoms with E-state index in [1.54, 1.807) is 6.07 Å². The zero-order valence-electron chi connectivity index (χ0n) is 18.4. The molecule has 174 valence electrons. The molecule has 2 aromatic heterocycles. The molecule has 2 saturated carbocycles. The monoisotopic (exact) mass is 478 g/mol. The van der Waals surface area contributed by atoms with Gasteiger partial charge in [0.1, 0.15) is 0 Å². The maximum Gasteiger partial charge on any atom is 0.244 e. The highest BCUT2D eigenvalue weighted by Gasteiger charge is 2.35. The number of nitrogens with one attached hydrogen (secondary N) is 1. The van der Waals surface area contributed by atoms with Crippen LogP contribution in [0.25, 0.3) is 10.7 Å². The Balaban J connectivity index is 1.23. The van der Waals surface area contributed by atoms with Crippen LogP contribution in [0.15, 0.2) is 15.5 Å². The van der Waals surface area contributed by atoms with Gasteiger partial charge in [-0.2, -0.15) is 9.29 Å². The van der Waals surface area contributed by atoms with Crippen LogP contribution in [0.5, 0.6) is 0 Å². The molecule has 32 heavy (non-hydrogen) atoms. The van der Waals surface area contributed by atoms with Crippen molar-refractivity contribution in [2.24, 2.45) is 5.92 Å². The molecule has 3 fully saturated rings. The lowest BCUT2D eigenvalue weighted by atomic mass is 9.93. The highest BCUT2D eigenvalue weighted by Crippen LogP contribution is 2.41. The minimum Gasteiger partial charge on any atom is -0.353 e. The highest BCUT2D eigenvalue weighted by atomic mass is 32.2. The van der Waals surface area contributed by atoms with Crippen molar-refractivity contribution >= 4 is 27.3 Å². The van der Waals surface area contributed by atoms with E-state index in [9.17, 15) is 13.2 Å². The van der Waals surface area contributed by atoms with Gasteiger partial charge in [-0.25, -0.2) is 8.42 Å². The topological polar surface area (TPSA) is 105 Å². The molecule has 3 aliphatic rings. The van der Waals surface area contributed by atoms with Crippen molar-refractivity contribution in [1.82, 2.24) is 19.8 Å². The Kier molecular flexibility index (Phi) is 6.11. The molecule has 10 heteroatoms. The second-order valence-corrected chi connectivity index (χ2v) is 12.4. The zero-order valence-corrected chi connectivity index (χ0v) is 20.0. The molecule has 0 atom stereocenters. The van der Waals surface area contributed by atoms with E-state index in [-0.39, 0.29) is 17.9 Å². The molecule has 3 heterocycles. The third-order valence-corrected chi connectivity index (χ3v) is 10.1. The Morgan fingerprint density at radius 2 is 1.84 bits per heavy atom. The van der Waals surface area contributed by atoms with Crippen LogP contribution in [0.2, 0.25) is 0 Å². The SMILES string of the molecule is Cc1sc(-c2noc(C3CC3)n2)cc1S(=O)(=O)N1CCC(C(=O)NC2CCCCC2)CC1. The number of carbonyl (C=O) groups excluding carboxylic acids is 1. The third-order valence-electron chi connectivity index (χ3n) is 6.86. The van der Waals surface area contributed by atoms with Crippen LogP contribution in [-0.4, -0.2) is 47.9 Å². The molecule has 5 rings (SSSR count). The summed E-state index contributed by atoms with van der Waals surface area (Å²) in [7, 11) is -3.63. The average molecular weight is 479 g/mol. The first-order chi connectivity index (χ1) is 15.4. The predicted octanol–water partition coefficient (Wildman–Crippen LogP) is 3.83. The van der Waals surface area contributed by atoms with Crippen LogP contribution in [0.4, 0.5) is 0 Å². The molecule has 0 radical (unpaired) electrons. The van der Waals surface area contributed by atoms with E-state index in [1.807, 2.05) is 6.92 Å². The van der Waals surface area contributed by atoms with Crippen molar-refractivity contribution in [1.29, 1.82) is 0 Å². The number of aromatic nitrogens is 2. The lowest BCUT2D eigenvalue weighted by Gasteiger charge is -2.32. The van der Waals surface area contributed by atoms with Crippen LogP contribution in [0.3, 0.4) is 0 Å². The van der Waals surface area contributed by atoms with Gasteiger partial charge in [-0.3, -0.25) is 4.79 Å². The van der Waals surface area contributed by atoms with Crippen LogP contribution in [0.1, 0.15) is 74.5 Å². The maximum absolute atomic E-state index is 13.3. The fraction of sp³-hybridized carbons (Fsp3) is 0.682. The van der Waals surface area contributed by atoms with Gasteiger partial charge >= 0.3 is 0 Å². The zero-order chi connectivity index (χ0) is 22.3. The smallest absolute Gasteiger partial charge is 0.244 e. The van der Waals surface area contributed by atoms with Gasteiger partial charge in [-0.1, -0.05) is 24.4 Å². The number of amides is 1. The van der Waals surface area contributed by atoms with Crippen molar-refractivity contribution in [3.63, 3.8) is 0 Å². The normalized spacial score (nSPS) is 21.7. The molecule has 1 aliphatic heterocycles. The number of piperidine rings is 1. The third kappa shape index (κ3) is 4.49. The second kappa shape index (κ2) is 8.87. The number of sulfonamides is 1. The summed E-state index contributed by atoms with van der Waals surface area (Å²) in [6.45, 7) is 2.54. The van der Waals surface area contributed by atoms with Crippen molar-refractivity contribution in [3.8, 4) is 10.7 Å². The average Bonchev–Trinajstić information content (AvgIpc) is 3.39. The summed E-state index contributed by atoms with van der Waals surface area (Å²) in [6.07, 6.45) is 8.97. The molecule has 8 nitrogen and oxygen atoms in total.